The van der Waals surface area contributed by atoms with Gasteiger partial charge in [0.2, 0.25) is 0 Å². The van der Waals surface area contributed by atoms with Crippen LogP contribution < -0.4 is 0 Å². The van der Waals surface area contributed by atoms with Crippen LogP contribution in [0.1, 0.15) is 32.0 Å². The van der Waals surface area contributed by atoms with Crippen LogP contribution in [-0.4, -0.2) is 27.4 Å². The van der Waals surface area contributed by atoms with E-state index < -0.39 is 12.2 Å². The molecule has 0 aliphatic heterocycles. The molecule has 0 saturated heterocycles. The van der Waals surface area contributed by atoms with E-state index in [-0.39, 0.29) is 5.92 Å². The lowest BCUT2D eigenvalue weighted by atomic mass is 9.98. The monoisotopic (exact) mass is 223 g/mol. The summed E-state index contributed by atoms with van der Waals surface area (Å²) in [6.07, 6.45) is 1.77. The number of hydrogen-bond acceptors (Lipinski definition) is 3. The van der Waals surface area contributed by atoms with Gasteiger partial charge in [0.15, 0.2) is 0 Å². The first kappa shape index (κ1) is 13.1. The third kappa shape index (κ3) is 3.58. The van der Waals surface area contributed by atoms with Gasteiger partial charge in [0, 0.05) is 18.3 Å². The van der Waals surface area contributed by atoms with Gasteiger partial charge < -0.3 is 10.2 Å². The summed E-state index contributed by atoms with van der Waals surface area (Å²) in [5.41, 5.74) is 2.01. The van der Waals surface area contributed by atoms with Crippen molar-refractivity contribution in [3.05, 3.63) is 29.6 Å². The van der Waals surface area contributed by atoms with E-state index in [1.165, 1.54) is 5.56 Å². The number of pyridine rings is 1. The van der Waals surface area contributed by atoms with E-state index in [2.05, 4.69) is 11.9 Å². The molecule has 2 atom stereocenters. The third-order valence-electron chi connectivity index (χ3n) is 2.79. The van der Waals surface area contributed by atoms with E-state index in [9.17, 15) is 10.2 Å². The lowest BCUT2D eigenvalue weighted by molar-refractivity contribution is -0.00778. The summed E-state index contributed by atoms with van der Waals surface area (Å²) in [5.74, 6) is 0.0601. The highest BCUT2D eigenvalue weighted by Gasteiger charge is 2.20. The van der Waals surface area contributed by atoms with Gasteiger partial charge in [0.05, 0.1) is 12.2 Å². The molecule has 1 aromatic rings. The minimum Gasteiger partial charge on any atom is -0.390 e. The predicted molar refractivity (Wildman–Crippen MR) is 64.2 cm³/mol. The second-order valence-corrected chi connectivity index (χ2v) is 4.52. The van der Waals surface area contributed by atoms with Crippen LogP contribution in [0, 0.1) is 5.92 Å². The van der Waals surface area contributed by atoms with Crippen LogP contribution in [0.25, 0.3) is 0 Å². The molecule has 3 heteroatoms. The van der Waals surface area contributed by atoms with Crippen LogP contribution >= 0.6 is 0 Å². The molecular weight excluding hydrogens is 202 g/mol. The van der Waals surface area contributed by atoms with Crippen LogP contribution in [0.4, 0.5) is 0 Å². The second kappa shape index (κ2) is 5.97. The molecular formula is C13H21NO2. The topological polar surface area (TPSA) is 53.4 Å². The van der Waals surface area contributed by atoms with E-state index in [4.69, 9.17) is 0 Å². The van der Waals surface area contributed by atoms with Gasteiger partial charge >= 0.3 is 0 Å². The van der Waals surface area contributed by atoms with Gasteiger partial charge in [-0.3, -0.25) is 4.98 Å². The molecule has 0 saturated carbocycles. The summed E-state index contributed by atoms with van der Waals surface area (Å²) < 4.78 is 0. The average Bonchev–Trinajstić information content (AvgIpc) is 2.28. The molecule has 0 aliphatic carbocycles. The Labute approximate surface area is 97.2 Å². The Hall–Kier alpha value is -0.930. The number of aryl methyl sites for hydroxylation is 1. The molecule has 90 valence electrons. The van der Waals surface area contributed by atoms with Gasteiger partial charge in [-0.1, -0.05) is 26.8 Å². The molecule has 16 heavy (non-hydrogen) atoms. The first-order valence-corrected chi connectivity index (χ1v) is 5.84. The summed E-state index contributed by atoms with van der Waals surface area (Å²) >= 11 is 0. The number of aromatic nitrogens is 1. The maximum Gasteiger partial charge on any atom is 0.0856 e. The van der Waals surface area contributed by atoms with Crippen LogP contribution in [0.2, 0.25) is 0 Å². The Balaban J connectivity index is 2.59. The molecule has 1 heterocycles. The smallest absolute Gasteiger partial charge is 0.0856 e. The number of nitrogens with zero attached hydrogens (tertiary/aromatic N) is 1. The lowest BCUT2D eigenvalue weighted by Crippen LogP contribution is -2.32. The highest BCUT2D eigenvalue weighted by atomic mass is 16.3. The fourth-order valence-electron chi connectivity index (χ4n) is 1.56. The van der Waals surface area contributed by atoms with E-state index in [1.807, 2.05) is 32.2 Å². The standard InChI is InChI=1S/C13H21NO2/c1-4-10-5-6-11(14-8-10)7-12(15)13(16)9(2)3/h5-6,8-9,12-13,15-16H,4,7H2,1-3H3. The first-order valence-electron chi connectivity index (χ1n) is 5.84. The largest absolute Gasteiger partial charge is 0.390 e. The minimum atomic E-state index is -0.736. The van der Waals surface area contributed by atoms with Crippen molar-refractivity contribution < 1.29 is 10.2 Å². The Morgan fingerprint density at radius 2 is 1.94 bits per heavy atom. The van der Waals surface area contributed by atoms with Crippen molar-refractivity contribution in [2.75, 3.05) is 0 Å². The second-order valence-electron chi connectivity index (χ2n) is 4.52. The molecule has 0 bridgehead atoms. The van der Waals surface area contributed by atoms with Crippen molar-refractivity contribution in [1.82, 2.24) is 4.98 Å². The van der Waals surface area contributed by atoms with Crippen molar-refractivity contribution in [2.24, 2.45) is 5.92 Å². The molecule has 0 fully saturated rings. The molecule has 0 aliphatic rings. The Bertz CT molecular complexity index is 308. The number of rotatable bonds is 5. The molecule has 2 N–H and O–H groups in total. The van der Waals surface area contributed by atoms with E-state index in [0.717, 1.165) is 12.1 Å². The van der Waals surface area contributed by atoms with E-state index >= 15 is 0 Å². The molecule has 0 radical (unpaired) electrons. The van der Waals surface area contributed by atoms with Gasteiger partial charge in [-0.25, -0.2) is 0 Å². The molecule has 2 unspecified atom stereocenters. The van der Waals surface area contributed by atoms with Crippen LogP contribution in [0.15, 0.2) is 18.3 Å². The summed E-state index contributed by atoms with van der Waals surface area (Å²) in [5, 5.41) is 19.5. The summed E-state index contributed by atoms with van der Waals surface area (Å²) in [4.78, 5) is 4.26. The Morgan fingerprint density at radius 1 is 1.25 bits per heavy atom. The zero-order chi connectivity index (χ0) is 12.1. The number of hydrogen-bond donors (Lipinski definition) is 2. The summed E-state index contributed by atoms with van der Waals surface area (Å²) in [6.45, 7) is 5.86. The molecule has 1 aromatic heterocycles. The van der Waals surface area contributed by atoms with E-state index in [0.29, 0.717) is 6.42 Å². The lowest BCUT2D eigenvalue weighted by Gasteiger charge is -2.20. The molecule has 0 amide bonds. The molecule has 0 spiro atoms. The van der Waals surface area contributed by atoms with Crippen molar-refractivity contribution in [3.8, 4) is 0 Å². The fraction of sp³-hybridized carbons (Fsp3) is 0.615. The van der Waals surface area contributed by atoms with Gasteiger partial charge in [-0.15, -0.1) is 0 Å². The van der Waals surface area contributed by atoms with Gasteiger partial charge in [-0.05, 0) is 24.0 Å². The quantitative estimate of drug-likeness (QED) is 0.796. The number of aliphatic hydroxyl groups excluding tert-OH is 2. The minimum absolute atomic E-state index is 0.0601. The normalized spacial score (nSPS) is 15.1. The van der Waals surface area contributed by atoms with Crippen molar-refractivity contribution in [2.45, 2.75) is 45.8 Å². The van der Waals surface area contributed by atoms with Gasteiger partial charge in [-0.2, -0.15) is 0 Å². The third-order valence-corrected chi connectivity index (χ3v) is 2.79. The number of aliphatic hydroxyl groups is 2. The van der Waals surface area contributed by atoms with Crippen LogP contribution in [0.3, 0.4) is 0 Å². The molecule has 3 nitrogen and oxygen atoms in total. The maximum absolute atomic E-state index is 9.78. The molecule has 1 rings (SSSR count). The van der Waals surface area contributed by atoms with Crippen molar-refractivity contribution >= 4 is 0 Å². The van der Waals surface area contributed by atoms with E-state index in [1.54, 1.807) is 0 Å². The Kier molecular flexibility index (Phi) is 4.90. The van der Waals surface area contributed by atoms with Crippen LogP contribution in [-0.2, 0) is 12.8 Å². The predicted octanol–water partition coefficient (Wildman–Crippen LogP) is 1.56. The summed E-state index contributed by atoms with van der Waals surface area (Å²) in [7, 11) is 0. The Morgan fingerprint density at radius 3 is 2.38 bits per heavy atom. The van der Waals surface area contributed by atoms with Gasteiger partial charge in [0.25, 0.3) is 0 Å². The highest BCUT2D eigenvalue weighted by molar-refractivity contribution is 5.14. The fourth-order valence-corrected chi connectivity index (χ4v) is 1.56. The van der Waals surface area contributed by atoms with Gasteiger partial charge in [0.1, 0.15) is 0 Å². The van der Waals surface area contributed by atoms with Crippen molar-refractivity contribution in [1.29, 1.82) is 0 Å². The SMILES string of the molecule is CCc1ccc(CC(O)C(O)C(C)C)nc1. The zero-order valence-corrected chi connectivity index (χ0v) is 10.2. The highest BCUT2D eigenvalue weighted by Crippen LogP contribution is 2.11. The zero-order valence-electron chi connectivity index (χ0n) is 10.2. The summed E-state index contributed by atoms with van der Waals surface area (Å²) in [6, 6.07) is 3.92. The maximum atomic E-state index is 9.78. The van der Waals surface area contributed by atoms with Crippen LogP contribution in [0.5, 0.6) is 0 Å². The molecule has 0 aromatic carbocycles. The van der Waals surface area contributed by atoms with Crippen molar-refractivity contribution in [3.63, 3.8) is 0 Å². The average molecular weight is 223 g/mol. The first-order chi connectivity index (χ1) is 7.54.